The Labute approximate surface area is 115 Å². The van der Waals surface area contributed by atoms with Crippen LogP contribution in [0.4, 0.5) is 5.69 Å². The highest BCUT2D eigenvalue weighted by Crippen LogP contribution is 2.30. The van der Waals surface area contributed by atoms with E-state index in [2.05, 4.69) is 0 Å². The number of carbonyl (C=O) groups excluding carboxylic acids is 1. The molecule has 0 saturated carbocycles. The Morgan fingerprint density at radius 3 is 2.60 bits per heavy atom. The minimum absolute atomic E-state index is 0.0477. The van der Waals surface area contributed by atoms with Crippen molar-refractivity contribution >= 4 is 11.5 Å². The van der Waals surface area contributed by atoms with Crippen molar-refractivity contribution < 1.29 is 14.1 Å². The number of carbonyl (C=O) groups is 1. The maximum absolute atomic E-state index is 11.8. The summed E-state index contributed by atoms with van der Waals surface area (Å²) in [5, 5.41) is 11.0. The van der Waals surface area contributed by atoms with E-state index in [1.807, 2.05) is 0 Å². The van der Waals surface area contributed by atoms with Crippen molar-refractivity contribution in [3.05, 3.63) is 52.3 Å². The molecule has 0 N–H and O–H groups in total. The molecular weight excluding hydrogens is 260 g/mol. The third-order valence-electron chi connectivity index (χ3n) is 2.71. The molecular formula is C14H14N2O4. The minimum atomic E-state index is -0.473. The van der Waals surface area contributed by atoms with Gasteiger partial charge in [0.25, 0.3) is 5.69 Å². The average molecular weight is 274 g/mol. The van der Waals surface area contributed by atoms with Gasteiger partial charge in [0.2, 0.25) is 5.78 Å². The predicted octanol–water partition coefficient (Wildman–Crippen LogP) is 2.60. The van der Waals surface area contributed by atoms with Gasteiger partial charge in [-0.3, -0.25) is 14.9 Å². The van der Waals surface area contributed by atoms with Crippen LogP contribution < -0.4 is 0 Å². The molecule has 0 fully saturated rings. The molecule has 6 heteroatoms. The molecule has 6 nitrogen and oxygen atoms in total. The summed E-state index contributed by atoms with van der Waals surface area (Å²) in [4.78, 5) is 24.1. The van der Waals surface area contributed by atoms with Crippen molar-refractivity contribution in [2.45, 2.75) is 0 Å². The molecule has 104 valence electrons. The fraction of sp³-hybridized carbons (Fsp3) is 0.214. The molecule has 0 amide bonds. The SMILES string of the molecule is CN(C)CC(=O)c1ccc(-c2ccccc2[N+](=O)[O-])o1. The molecule has 0 spiro atoms. The Morgan fingerprint density at radius 1 is 1.25 bits per heavy atom. The monoisotopic (exact) mass is 274 g/mol. The van der Waals surface area contributed by atoms with Gasteiger partial charge in [0.1, 0.15) is 5.76 Å². The van der Waals surface area contributed by atoms with Crippen LogP contribution in [-0.4, -0.2) is 36.2 Å². The number of ketones is 1. The zero-order valence-electron chi connectivity index (χ0n) is 11.2. The molecule has 0 atom stereocenters. The Bertz CT molecular complexity index is 646. The number of furan rings is 1. The molecule has 2 rings (SSSR count). The van der Waals surface area contributed by atoms with E-state index in [1.54, 1.807) is 43.3 Å². The molecule has 0 radical (unpaired) electrons. The molecule has 0 aliphatic carbocycles. The summed E-state index contributed by atoms with van der Waals surface area (Å²) in [7, 11) is 3.56. The quantitative estimate of drug-likeness (QED) is 0.476. The molecule has 0 aliphatic heterocycles. The first-order chi connectivity index (χ1) is 9.49. The number of Topliss-reactive ketones (excluding diaryl/α,β-unsaturated/α-hetero) is 1. The lowest BCUT2D eigenvalue weighted by molar-refractivity contribution is -0.384. The van der Waals surface area contributed by atoms with Gasteiger partial charge in [0.05, 0.1) is 17.0 Å². The topological polar surface area (TPSA) is 76.6 Å². The molecule has 20 heavy (non-hydrogen) atoms. The minimum Gasteiger partial charge on any atom is -0.453 e. The van der Waals surface area contributed by atoms with Crippen LogP contribution in [-0.2, 0) is 0 Å². The van der Waals surface area contributed by atoms with E-state index in [4.69, 9.17) is 4.42 Å². The molecule has 1 aromatic carbocycles. The van der Waals surface area contributed by atoms with Crippen molar-refractivity contribution in [1.82, 2.24) is 4.90 Å². The van der Waals surface area contributed by atoms with E-state index in [9.17, 15) is 14.9 Å². The van der Waals surface area contributed by atoms with Gasteiger partial charge in [-0.15, -0.1) is 0 Å². The van der Waals surface area contributed by atoms with Crippen LogP contribution in [0.15, 0.2) is 40.8 Å². The van der Waals surface area contributed by atoms with E-state index in [-0.39, 0.29) is 23.8 Å². The van der Waals surface area contributed by atoms with Crippen molar-refractivity contribution in [3.8, 4) is 11.3 Å². The Kier molecular flexibility index (Phi) is 3.95. The highest BCUT2D eigenvalue weighted by molar-refractivity contribution is 5.95. The molecule has 0 bridgehead atoms. The van der Waals surface area contributed by atoms with Crippen LogP contribution in [0.3, 0.4) is 0 Å². The molecule has 0 aliphatic rings. The number of nitro groups is 1. The molecule has 1 aromatic heterocycles. The van der Waals surface area contributed by atoms with Crippen molar-refractivity contribution in [2.24, 2.45) is 0 Å². The number of rotatable bonds is 5. The van der Waals surface area contributed by atoms with Gasteiger partial charge >= 0.3 is 0 Å². The summed E-state index contributed by atoms with van der Waals surface area (Å²) < 4.78 is 5.44. The first-order valence-electron chi connectivity index (χ1n) is 6.00. The molecule has 2 aromatic rings. The second-order valence-corrected chi connectivity index (χ2v) is 4.60. The first kappa shape index (κ1) is 14.0. The van der Waals surface area contributed by atoms with Crippen LogP contribution in [0.2, 0.25) is 0 Å². The second-order valence-electron chi connectivity index (χ2n) is 4.60. The number of hydrogen-bond donors (Lipinski definition) is 0. The van der Waals surface area contributed by atoms with Gasteiger partial charge in [-0.1, -0.05) is 12.1 Å². The summed E-state index contributed by atoms with van der Waals surface area (Å²) in [5.41, 5.74) is 0.315. The third-order valence-corrected chi connectivity index (χ3v) is 2.71. The second kappa shape index (κ2) is 5.66. The Hall–Kier alpha value is -2.47. The zero-order chi connectivity index (χ0) is 14.7. The van der Waals surface area contributed by atoms with E-state index in [1.165, 1.54) is 12.1 Å². The van der Waals surface area contributed by atoms with Gasteiger partial charge in [0.15, 0.2) is 5.76 Å². The summed E-state index contributed by atoms with van der Waals surface area (Å²) in [6.45, 7) is 0.226. The van der Waals surface area contributed by atoms with Gasteiger partial charge < -0.3 is 9.32 Å². The van der Waals surface area contributed by atoms with E-state index in [0.717, 1.165) is 0 Å². The van der Waals surface area contributed by atoms with Gasteiger partial charge in [-0.05, 0) is 32.3 Å². The van der Waals surface area contributed by atoms with Crippen LogP contribution >= 0.6 is 0 Å². The van der Waals surface area contributed by atoms with E-state index in [0.29, 0.717) is 11.3 Å². The van der Waals surface area contributed by atoms with Crippen molar-refractivity contribution in [3.63, 3.8) is 0 Å². The van der Waals surface area contributed by atoms with Gasteiger partial charge in [-0.2, -0.15) is 0 Å². The number of nitrogens with zero attached hydrogens (tertiary/aromatic N) is 2. The lowest BCUT2D eigenvalue weighted by Gasteiger charge is -2.05. The van der Waals surface area contributed by atoms with Crippen molar-refractivity contribution in [2.75, 3.05) is 20.6 Å². The van der Waals surface area contributed by atoms with Crippen LogP contribution in [0, 0.1) is 10.1 Å². The normalized spacial score (nSPS) is 10.8. The third kappa shape index (κ3) is 2.92. The highest BCUT2D eigenvalue weighted by Gasteiger charge is 2.19. The van der Waals surface area contributed by atoms with Crippen LogP contribution in [0.1, 0.15) is 10.6 Å². The number of hydrogen-bond acceptors (Lipinski definition) is 5. The molecule has 0 unspecified atom stereocenters. The Morgan fingerprint density at radius 2 is 1.95 bits per heavy atom. The van der Waals surface area contributed by atoms with Crippen LogP contribution in [0.25, 0.3) is 11.3 Å². The lowest BCUT2D eigenvalue weighted by atomic mass is 10.1. The Balaban J connectivity index is 2.34. The summed E-state index contributed by atoms with van der Waals surface area (Å²) in [5.74, 6) is 0.353. The molecule has 1 heterocycles. The fourth-order valence-corrected chi connectivity index (χ4v) is 1.84. The predicted molar refractivity (Wildman–Crippen MR) is 73.7 cm³/mol. The fourth-order valence-electron chi connectivity index (χ4n) is 1.84. The number of para-hydroxylation sites is 1. The highest BCUT2D eigenvalue weighted by atomic mass is 16.6. The van der Waals surface area contributed by atoms with Crippen molar-refractivity contribution in [1.29, 1.82) is 0 Å². The number of likely N-dealkylation sites (N-methyl/N-ethyl adjacent to an activating group) is 1. The largest absolute Gasteiger partial charge is 0.453 e. The number of benzene rings is 1. The molecule has 0 saturated heterocycles. The first-order valence-corrected chi connectivity index (χ1v) is 6.00. The number of nitro benzene ring substituents is 1. The standard InChI is InChI=1S/C14H14N2O4/c1-15(2)9-12(17)14-8-7-13(20-14)10-5-3-4-6-11(10)16(18)19/h3-8H,9H2,1-2H3. The smallest absolute Gasteiger partial charge is 0.280 e. The zero-order valence-corrected chi connectivity index (χ0v) is 11.2. The summed E-state index contributed by atoms with van der Waals surface area (Å²) in [6.07, 6.45) is 0. The maximum Gasteiger partial charge on any atom is 0.280 e. The van der Waals surface area contributed by atoms with Gasteiger partial charge in [-0.25, -0.2) is 0 Å². The van der Waals surface area contributed by atoms with E-state index < -0.39 is 4.92 Å². The summed E-state index contributed by atoms with van der Waals surface area (Å²) >= 11 is 0. The van der Waals surface area contributed by atoms with Crippen LogP contribution in [0.5, 0.6) is 0 Å². The van der Waals surface area contributed by atoms with E-state index >= 15 is 0 Å². The lowest BCUT2D eigenvalue weighted by Crippen LogP contribution is -2.21. The van der Waals surface area contributed by atoms with Gasteiger partial charge in [0, 0.05) is 6.07 Å². The summed E-state index contributed by atoms with van der Waals surface area (Å²) in [6, 6.07) is 9.38. The average Bonchev–Trinajstić information content (AvgIpc) is 2.87. The maximum atomic E-state index is 11.8.